The molecule has 4 aromatic heterocycles. The highest BCUT2D eigenvalue weighted by Crippen LogP contribution is 2.67. The van der Waals surface area contributed by atoms with Gasteiger partial charge in [-0.25, -0.2) is 29.1 Å². The Morgan fingerprint density at radius 1 is 0.407 bits per heavy atom. The number of phosphoric ester groups is 2. The number of hydrogen-bond donors (Lipinski definition) is 12. The maximum absolute atomic E-state index is 15.1. The largest absolute Gasteiger partial charge is 0.483 e. The highest BCUT2D eigenvalue weighted by Gasteiger charge is 2.53. The van der Waals surface area contributed by atoms with E-state index in [4.69, 9.17) is 64.3 Å². The quantitative estimate of drug-likeness (QED) is 0.0325. The van der Waals surface area contributed by atoms with Gasteiger partial charge in [-0.1, -0.05) is 0 Å². The maximum atomic E-state index is 15.1. The third-order valence-electron chi connectivity index (χ3n) is 12.6. The predicted molar refractivity (Wildman–Crippen MR) is 252 cm³/mol. The van der Waals surface area contributed by atoms with Crippen LogP contribution >= 0.6 is 15.6 Å². The van der Waals surface area contributed by atoms with E-state index in [9.17, 15) is 79.2 Å². The number of carbonyl (C=O) groups excluding carboxylic acids is 4. The van der Waals surface area contributed by atoms with Crippen molar-refractivity contribution >= 4 is 39.3 Å². The van der Waals surface area contributed by atoms with E-state index in [1.807, 2.05) is 0 Å². The van der Waals surface area contributed by atoms with E-state index in [-0.39, 0.29) is 0 Å². The van der Waals surface area contributed by atoms with Crippen LogP contribution in [0.25, 0.3) is 0 Å². The summed E-state index contributed by atoms with van der Waals surface area (Å²) >= 11 is 0. The van der Waals surface area contributed by atoms with Gasteiger partial charge in [0, 0.05) is 49.6 Å². The second-order valence-corrected chi connectivity index (χ2v) is 21.2. The highest BCUT2D eigenvalue weighted by molar-refractivity contribution is 7.62. The number of nitrogens with zero attached hydrogens (tertiary/aromatic N) is 8. The number of aliphatic hydroxyl groups is 8. The Bertz CT molecular complexity index is 2990. The summed E-state index contributed by atoms with van der Waals surface area (Å²) in [5, 5.41) is 88.4. The summed E-state index contributed by atoms with van der Waals surface area (Å²) < 4.78 is 82.2. The SMILES string of the molecule is NC(=O)c1nccn([C@@H]2O[C@H](COP(=O)(OC[C@H]3O[C@@H](n4ccnc(C(N)=O)c4=O)[C@H](O)[C@@H]3O)OP(=O)(OC[C@H]3O[C@@H](n4ccnc(C(N)=O)c4=O)[C@H](O)[C@@H]3O)OC[C@H]3O[C@@H](n4ccnc(C(N)=O)c4=O)[C@H](O)[C@@H]3O)[C@@H](O)[C@H]2O)c1=O. The Kier molecular flexibility index (Phi) is 17.8. The molecule has 4 fully saturated rings. The van der Waals surface area contributed by atoms with Gasteiger partial charge in [0.1, 0.15) is 73.2 Å². The Morgan fingerprint density at radius 3 is 0.790 bits per heavy atom. The summed E-state index contributed by atoms with van der Waals surface area (Å²) in [6.45, 7) is -5.19. The molecule has 440 valence electrons. The number of aliphatic hydroxyl groups excluding tert-OH is 8. The second-order valence-electron chi connectivity index (χ2n) is 17.8. The van der Waals surface area contributed by atoms with Crippen molar-refractivity contribution in [1.82, 2.24) is 38.2 Å². The van der Waals surface area contributed by atoms with E-state index in [0.717, 1.165) is 49.6 Å². The first kappa shape index (κ1) is 60.3. The molecule has 4 saturated heterocycles. The van der Waals surface area contributed by atoms with Gasteiger partial charge in [0.05, 0.1) is 26.4 Å². The molecule has 0 saturated carbocycles. The molecule has 4 aromatic rings. The zero-order chi connectivity index (χ0) is 59.2. The minimum Gasteiger partial charge on any atom is -0.387 e. The molecule has 0 unspecified atom stereocenters. The van der Waals surface area contributed by atoms with Crippen LogP contribution in [0, 0.1) is 0 Å². The van der Waals surface area contributed by atoms with Gasteiger partial charge >= 0.3 is 15.6 Å². The number of phosphoric acid groups is 2. The summed E-state index contributed by atoms with van der Waals surface area (Å²) in [6, 6.07) is 0. The lowest BCUT2D eigenvalue weighted by Gasteiger charge is -2.27. The van der Waals surface area contributed by atoms with Crippen molar-refractivity contribution in [1.29, 1.82) is 0 Å². The number of amides is 4. The number of hydrogen-bond acceptors (Lipinski definition) is 31. The molecule has 0 aromatic carbocycles. The van der Waals surface area contributed by atoms with Gasteiger partial charge in [-0.2, -0.15) is 4.31 Å². The molecule has 16 N–H and O–H groups in total. The lowest BCUT2D eigenvalue weighted by Crippen LogP contribution is -2.38. The van der Waals surface area contributed by atoms with Crippen molar-refractivity contribution in [3.8, 4) is 0 Å². The van der Waals surface area contributed by atoms with E-state index >= 15 is 9.13 Å². The van der Waals surface area contributed by atoms with Crippen LogP contribution in [0.1, 0.15) is 66.9 Å². The van der Waals surface area contributed by atoms with Gasteiger partial charge in [-0.15, -0.1) is 0 Å². The summed E-state index contributed by atoms with van der Waals surface area (Å²) in [5.74, 6) is -5.20. The third kappa shape index (κ3) is 12.1. The van der Waals surface area contributed by atoms with E-state index < -0.39 is 209 Å². The first-order valence-corrected chi connectivity index (χ1v) is 26.1. The third-order valence-corrected chi connectivity index (χ3v) is 16.1. The van der Waals surface area contributed by atoms with E-state index in [1.165, 1.54) is 0 Å². The molecule has 8 heterocycles. The normalized spacial score (nSPS) is 31.0. The van der Waals surface area contributed by atoms with Crippen molar-refractivity contribution in [3.05, 3.63) is 114 Å². The Labute approximate surface area is 448 Å². The average Bonchev–Trinajstić information content (AvgIpc) is 4.24. The van der Waals surface area contributed by atoms with Crippen molar-refractivity contribution in [3.63, 3.8) is 0 Å². The fourth-order valence-electron chi connectivity index (χ4n) is 8.51. The number of ether oxygens (including phenoxy) is 4. The number of primary amides is 4. The van der Waals surface area contributed by atoms with Crippen molar-refractivity contribution < 1.29 is 111 Å². The molecule has 0 radical (unpaired) electrons. The monoisotopic (exact) mass is 1190 g/mol. The Morgan fingerprint density at radius 2 is 0.605 bits per heavy atom. The van der Waals surface area contributed by atoms with E-state index in [1.54, 1.807) is 0 Å². The van der Waals surface area contributed by atoms with Gasteiger partial charge < -0.3 is 82.7 Å². The molecule has 4 aliphatic rings. The topological polar surface area (TPSA) is 591 Å². The van der Waals surface area contributed by atoms with Crippen molar-refractivity contribution in [2.24, 2.45) is 22.9 Å². The van der Waals surface area contributed by atoms with Crippen molar-refractivity contribution in [2.75, 3.05) is 26.4 Å². The van der Waals surface area contributed by atoms with Crippen LogP contribution in [0.5, 0.6) is 0 Å². The zero-order valence-electron chi connectivity index (χ0n) is 40.8. The Hall–Kier alpha value is -6.82. The molecule has 16 atom stereocenters. The molecule has 81 heavy (non-hydrogen) atoms. The smallest absolute Gasteiger partial charge is 0.387 e. The summed E-state index contributed by atoms with van der Waals surface area (Å²) in [6.07, 6.45) is -24.6. The zero-order valence-corrected chi connectivity index (χ0v) is 42.6. The minimum absolute atomic E-state index is 0.593. The van der Waals surface area contributed by atoms with Crippen LogP contribution in [0.3, 0.4) is 0 Å². The second kappa shape index (κ2) is 23.9. The Balaban J connectivity index is 1.11. The molecule has 8 rings (SSSR count). The minimum atomic E-state index is -5.96. The number of nitrogens with two attached hydrogens (primary N) is 4. The molecule has 0 aliphatic carbocycles. The number of rotatable bonds is 22. The van der Waals surface area contributed by atoms with Crippen LogP contribution in [0.4, 0.5) is 0 Å². The van der Waals surface area contributed by atoms with E-state index in [2.05, 4.69) is 19.9 Å². The van der Waals surface area contributed by atoms with E-state index in [0.29, 0.717) is 18.3 Å². The fourth-order valence-corrected chi connectivity index (χ4v) is 11.7. The number of carbonyl (C=O) groups is 4. The average molecular weight is 1190 g/mol. The lowest BCUT2D eigenvalue weighted by molar-refractivity contribution is -0.0692. The van der Waals surface area contributed by atoms with Gasteiger partial charge in [0.15, 0.2) is 47.7 Å². The molecular weight excluding hydrogens is 1140 g/mol. The summed E-state index contributed by atoms with van der Waals surface area (Å²) in [5.41, 5.74) is 12.7. The molecule has 39 nitrogen and oxygen atoms in total. The highest BCUT2D eigenvalue weighted by atomic mass is 31.3. The van der Waals surface area contributed by atoms with Gasteiger partial charge in [-0.3, -0.25) is 74.7 Å². The van der Waals surface area contributed by atoms with Crippen LogP contribution in [-0.4, -0.2) is 202 Å². The van der Waals surface area contributed by atoms with Gasteiger partial charge in [0.25, 0.3) is 45.9 Å². The van der Waals surface area contributed by atoms with Crippen molar-refractivity contribution in [2.45, 2.75) is 98.2 Å². The lowest BCUT2D eigenvalue weighted by atomic mass is 10.1. The van der Waals surface area contributed by atoms with Crippen LogP contribution in [-0.2, 0) is 50.5 Å². The number of aromatic nitrogens is 8. The standard InChI is InChI=1S/C40H48N12O27P2/c41-29(61)17-33(65)49(5-1-45-17)37-25(57)21(53)13(75-37)9-71-80(69,72-10-14-22(54)26(58)38(76-14)50-6-2-46-18(30(42)62)34(50)66)79-81(70,73-11-15-23(55)27(59)39(77-15)51-7-3-47-19(31(43)63)35(51)67)74-12-16-24(56)28(60)40(78-16)52-8-4-48-20(32(44)64)36(52)68/h1-8,13-16,21-28,37-40,53-60H,9-12H2,(H2,41,61)(H2,42,62)(H2,43,63)(H2,44,64)/t13-,14-,15-,16-,21-,22-,23-,24-,25-,26-,27-,28-,37-,38-,39-,40-/m1/s1. The first-order valence-electron chi connectivity index (χ1n) is 23.2. The van der Waals surface area contributed by atoms with Crippen LogP contribution in [0.2, 0.25) is 0 Å². The molecule has 4 aliphatic heterocycles. The molecular formula is C40H48N12O27P2. The van der Waals surface area contributed by atoms with Gasteiger partial charge in [-0.05, 0) is 0 Å². The first-order chi connectivity index (χ1) is 38.2. The summed E-state index contributed by atoms with van der Waals surface area (Å²) in [4.78, 5) is 114. The molecule has 0 spiro atoms. The molecule has 0 bridgehead atoms. The fraction of sp³-hybridized carbons (Fsp3) is 0.500. The van der Waals surface area contributed by atoms with Gasteiger partial charge in [0.2, 0.25) is 0 Å². The maximum Gasteiger partial charge on any atom is 0.483 e. The van der Waals surface area contributed by atoms with Crippen LogP contribution < -0.4 is 45.2 Å². The summed E-state index contributed by atoms with van der Waals surface area (Å²) in [7, 11) is -11.9. The molecule has 41 heteroatoms. The predicted octanol–water partition coefficient (Wildman–Crippen LogP) is -8.81. The van der Waals surface area contributed by atoms with Crippen LogP contribution in [0.15, 0.2) is 68.8 Å². The molecule has 4 amide bonds.